The third-order valence-electron chi connectivity index (χ3n) is 4.48. The van der Waals surface area contributed by atoms with Gasteiger partial charge in [0.2, 0.25) is 5.95 Å². The second-order valence-corrected chi connectivity index (χ2v) is 6.12. The molecule has 2 heterocycles. The molecule has 2 aromatic rings. The van der Waals surface area contributed by atoms with Crippen molar-refractivity contribution in [1.29, 1.82) is 0 Å². The van der Waals surface area contributed by atoms with Gasteiger partial charge in [0.25, 0.3) is 0 Å². The second-order valence-electron chi connectivity index (χ2n) is 6.12. The molecule has 26 heavy (non-hydrogen) atoms. The van der Waals surface area contributed by atoms with Gasteiger partial charge in [-0.15, -0.1) is 0 Å². The average Bonchev–Trinajstić information content (AvgIpc) is 3.05. The number of hydrogen-bond donors (Lipinski definition) is 2. The van der Waals surface area contributed by atoms with Gasteiger partial charge < -0.3 is 15.1 Å². The van der Waals surface area contributed by atoms with E-state index >= 15 is 0 Å². The van der Waals surface area contributed by atoms with Gasteiger partial charge in [-0.3, -0.25) is 0 Å². The molecular formula is C17H16F3N3O3. The molecule has 0 amide bonds. The zero-order valence-electron chi connectivity index (χ0n) is 13.5. The van der Waals surface area contributed by atoms with Gasteiger partial charge >= 0.3 is 12.1 Å². The number of aliphatic hydroxyl groups is 1. The molecule has 1 fully saturated rings. The highest BCUT2D eigenvalue weighted by Crippen LogP contribution is 2.35. The van der Waals surface area contributed by atoms with Crippen LogP contribution in [0.5, 0.6) is 0 Å². The Labute approximate surface area is 146 Å². The smallest absolute Gasteiger partial charge is 0.416 e. The van der Waals surface area contributed by atoms with Crippen LogP contribution >= 0.6 is 0 Å². The number of alkyl halides is 3. The number of aromatic carboxylic acids is 1. The molecule has 6 nitrogen and oxygen atoms in total. The molecule has 3 rings (SSSR count). The van der Waals surface area contributed by atoms with Crippen molar-refractivity contribution in [3.8, 4) is 0 Å². The van der Waals surface area contributed by atoms with Gasteiger partial charge in [-0.1, -0.05) is 12.1 Å². The van der Waals surface area contributed by atoms with Crippen LogP contribution in [-0.4, -0.2) is 45.3 Å². The Bertz CT molecular complexity index is 779. The molecule has 138 valence electrons. The Kier molecular flexibility index (Phi) is 4.82. The highest BCUT2D eigenvalue weighted by Gasteiger charge is 2.35. The maximum atomic E-state index is 12.7. The van der Waals surface area contributed by atoms with Crippen molar-refractivity contribution in [2.75, 3.05) is 18.1 Å². The number of benzene rings is 1. The molecule has 2 atom stereocenters. The van der Waals surface area contributed by atoms with E-state index in [4.69, 9.17) is 5.11 Å². The lowest BCUT2D eigenvalue weighted by Gasteiger charge is -2.22. The fourth-order valence-electron chi connectivity index (χ4n) is 3.10. The summed E-state index contributed by atoms with van der Waals surface area (Å²) in [4.78, 5) is 20.7. The van der Waals surface area contributed by atoms with Crippen LogP contribution in [0, 0.1) is 0 Å². The summed E-state index contributed by atoms with van der Waals surface area (Å²) in [6.07, 6.45) is -1.48. The first kappa shape index (κ1) is 18.1. The van der Waals surface area contributed by atoms with Crippen LogP contribution < -0.4 is 4.90 Å². The van der Waals surface area contributed by atoms with Crippen LogP contribution in [0.3, 0.4) is 0 Å². The molecule has 0 bridgehead atoms. The lowest BCUT2D eigenvalue weighted by Crippen LogP contribution is -2.33. The second kappa shape index (κ2) is 6.91. The Morgan fingerprint density at radius 2 is 1.81 bits per heavy atom. The number of carboxylic acid groups (broad SMARTS) is 1. The summed E-state index contributed by atoms with van der Waals surface area (Å²) in [6.45, 7) is 0.254. The highest BCUT2D eigenvalue weighted by atomic mass is 19.4. The number of anilines is 1. The highest BCUT2D eigenvalue weighted by molar-refractivity contribution is 5.86. The first-order valence-corrected chi connectivity index (χ1v) is 7.89. The number of aliphatic hydroxyl groups excluding tert-OH is 1. The molecule has 1 aromatic carbocycles. The molecule has 1 aliphatic heterocycles. The Morgan fingerprint density at radius 1 is 1.19 bits per heavy atom. The molecule has 1 aromatic heterocycles. The number of nitrogens with zero attached hydrogens (tertiary/aromatic N) is 3. The van der Waals surface area contributed by atoms with Crippen molar-refractivity contribution in [2.24, 2.45) is 0 Å². The predicted octanol–water partition coefficient (Wildman–Crippen LogP) is 2.55. The molecular weight excluding hydrogens is 351 g/mol. The van der Waals surface area contributed by atoms with Crippen LogP contribution in [0.1, 0.15) is 33.8 Å². The van der Waals surface area contributed by atoms with E-state index in [1.54, 1.807) is 4.90 Å². The van der Waals surface area contributed by atoms with Gasteiger partial charge in [0.1, 0.15) is 0 Å². The lowest BCUT2D eigenvalue weighted by atomic mass is 9.95. The van der Waals surface area contributed by atoms with Crippen molar-refractivity contribution >= 4 is 11.9 Å². The number of carboxylic acids is 1. The van der Waals surface area contributed by atoms with Crippen molar-refractivity contribution in [3.05, 3.63) is 53.3 Å². The Hall–Kier alpha value is -2.68. The lowest BCUT2D eigenvalue weighted by molar-refractivity contribution is -0.137. The Balaban J connectivity index is 1.79. The summed E-state index contributed by atoms with van der Waals surface area (Å²) < 4.78 is 38.1. The molecule has 1 saturated heterocycles. The number of halogens is 3. The molecule has 0 spiro atoms. The van der Waals surface area contributed by atoms with Crippen LogP contribution in [-0.2, 0) is 6.18 Å². The molecule has 9 heteroatoms. The zero-order chi connectivity index (χ0) is 18.9. The zero-order valence-corrected chi connectivity index (χ0v) is 13.5. The summed E-state index contributed by atoms with van der Waals surface area (Å²) in [7, 11) is 0. The van der Waals surface area contributed by atoms with E-state index in [1.165, 1.54) is 24.5 Å². The van der Waals surface area contributed by atoms with E-state index in [9.17, 15) is 23.1 Å². The summed E-state index contributed by atoms with van der Waals surface area (Å²) in [5.74, 6) is -0.944. The molecule has 0 radical (unpaired) electrons. The quantitative estimate of drug-likeness (QED) is 0.864. The number of carbonyl (C=O) groups is 1. The monoisotopic (exact) mass is 367 g/mol. The van der Waals surface area contributed by atoms with Crippen LogP contribution in [0.25, 0.3) is 0 Å². The van der Waals surface area contributed by atoms with Crippen molar-refractivity contribution in [3.63, 3.8) is 0 Å². The fraction of sp³-hybridized carbons (Fsp3) is 0.353. The molecule has 1 aliphatic rings. The van der Waals surface area contributed by atoms with Gasteiger partial charge in [0.05, 0.1) is 23.8 Å². The maximum Gasteiger partial charge on any atom is 0.416 e. The van der Waals surface area contributed by atoms with Gasteiger partial charge in [-0.25, -0.2) is 14.8 Å². The van der Waals surface area contributed by atoms with Crippen molar-refractivity contribution < 1.29 is 28.2 Å². The van der Waals surface area contributed by atoms with Crippen LogP contribution in [0.15, 0.2) is 36.7 Å². The topological polar surface area (TPSA) is 86.5 Å². The molecule has 0 saturated carbocycles. The fourth-order valence-corrected chi connectivity index (χ4v) is 3.10. The minimum absolute atomic E-state index is 0.0483. The van der Waals surface area contributed by atoms with Gasteiger partial charge in [0, 0.05) is 24.9 Å². The van der Waals surface area contributed by atoms with E-state index in [-0.39, 0.29) is 30.1 Å². The number of aromatic nitrogens is 2. The maximum absolute atomic E-state index is 12.7. The first-order valence-electron chi connectivity index (χ1n) is 7.89. The summed E-state index contributed by atoms with van der Waals surface area (Å²) in [6, 6.07) is 4.69. The summed E-state index contributed by atoms with van der Waals surface area (Å²) >= 11 is 0. The number of hydrogen-bond acceptors (Lipinski definition) is 5. The third kappa shape index (κ3) is 3.62. The van der Waals surface area contributed by atoms with Gasteiger partial charge in [0.15, 0.2) is 0 Å². The molecule has 1 unspecified atom stereocenters. The Morgan fingerprint density at radius 3 is 2.31 bits per heavy atom. The molecule has 2 N–H and O–H groups in total. The molecule has 0 aliphatic carbocycles. The van der Waals surface area contributed by atoms with Crippen LogP contribution in [0.4, 0.5) is 19.1 Å². The average molecular weight is 367 g/mol. The number of rotatable bonds is 4. The van der Waals surface area contributed by atoms with E-state index < -0.39 is 17.7 Å². The minimum atomic E-state index is -4.38. The standard InChI is InChI=1S/C17H16F3N3O3/c18-17(19,20)13-3-1-10(2-4-13)11-5-14(9-24)23(8-11)16-21-6-12(7-22-16)15(25)26/h1-4,6-7,11,14,24H,5,8-9H2,(H,25,26)/t11?,14-/m0/s1. The largest absolute Gasteiger partial charge is 0.478 e. The van der Waals surface area contributed by atoms with Crippen LogP contribution in [0.2, 0.25) is 0 Å². The van der Waals surface area contributed by atoms with E-state index in [2.05, 4.69) is 9.97 Å². The van der Waals surface area contributed by atoms with E-state index in [1.807, 2.05) is 0 Å². The normalized spacial score (nSPS) is 20.4. The van der Waals surface area contributed by atoms with Gasteiger partial charge in [-0.2, -0.15) is 13.2 Å². The van der Waals surface area contributed by atoms with Crippen molar-refractivity contribution in [1.82, 2.24) is 9.97 Å². The van der Waals surface area contributed by atoms with Crippen molar-refractivity contribution in [2.45, 2.75) is 24.6 Å². The third-order valence-corrected chi connectivity index (χ3v) is 4.48. The van der Waals surface area contributed by atoms with E-state index in [0.29, 0.717) is 13.0 Å². The SMILES string of the molecule is O=C(O)c1cnc(N2CC(c3ccc(C(F)(F)F)cc3)C[C@H]2CO)nc1. The minimum Gasteiger partial charge on any atom is -0.478 e. The van der Waals surface area contributed by atoms with Gasteiger partial charge in [-0.05, 0) is 24.1 Å². The predicted molar refractivity (Wildman–Crippen MR) is 86.0 cm³/mol. The first-order chi connectivity index (χ1) is 12.3. The summed E-state index contributed by atoms with van der Waals surface area (Å²) in [5.41, 5.74) is -0.0173. The summed E-state index contributed by atoms with van der Waals surface area (Å²) in [5, 5.41) is 18.5. The van der Waals surface area contributed by atoms with E-state index in [0.717, 1.165) is 17.7 Å².